The Morgan fingerprint density at radius 2 is 1.46 bits per heavy atom. The van der Waals surface area contributed by atoms with Gasteiger partial charge in [-0.05, 0) is 12.8 Å². The molecule has 0 radical (unpaired) electrons. The van der Waals surface area contributed by atoms with Crippen LogP contribution in [0.2, 0.25) is 0 Å². The van der Waals surface area contributed by atoms with E-state index in [1.165, 1.54) is 0 Å². The van der Waals surface area contributed by atoms with Gasteiger partial charge < -0.3 is 19.3 Å². The lowest BCUT2D eigenvalue weighted by Crippen LogP contribution is -2.51. The molecule has 0 unspecified atom stereocenters. The Bertz CT molecular complexity index is 487. The van der Waals surface area contributed by atoms with Crippen LogP contribution in [0, 0.1) is 5.92 Å². The van der Waals surface area contributed by atoms with E-state index in [0.717, 1.165) is 4.90 Å². The highest BCUT2D eigenvalue weighted by Gasteiger charge is 2.45. The molecular weight excluding hydrogens is 329 g/mol. The first-order valence-corrected chi connectivity index (χ1v) is 8.24. The molecule has 24 heavy (non-hydrogen) atoms. The van der Waals surface area contributed by atoms with Crippen molar-refractivity contribution in [2.45, 2.75) is 37.6 Å². The molecule has 9 heteroatoms. The number of likely N-dealkylation sites (tertiary alicyclic amines) is 2. The van der Waals surface area contributed by atoms with Crippen molar-refractivity contribution in [3.05, 3.63) is 0 Å². The van der Waals surface area contributed by atoms with E-state index in [4.69, 9.17) is 9.47 Å². The quantitative estimate of drug-likeness (QED) is 0.712. The van der Waals surface area contributed by atoms with Crippen LogP contribution < -0.4 is 0 Å². The number of rotatable bonds is 1. The van der Waals surface area contributed by atoms with Gasteiger partial charge in [0.1, 0.15) is 0 Å². The standard InChI is InChI=1S/C15H21F3N2O4/c16-15(17,18)13(22)20-5-1-11(2-6-20)12(21)19-7-3-14(4-8-19)23-9-10-24-14/h11H,1-10H2. The van der Waals surface area contributed by atoms with Crippen molar-refractivity contribution in [2.24, 2.45) is 5.92 Å². The lowest BCUT2D eigenvalue weighted by Gasteiger charge is -2.40. The molecule has 1 spiro atoms. The summed E-state index contributed by atoms with van der Waals surface area (Å²) in [5.74, 6) is -2.73. The van der Waals surface area contributed by atoms with Crippen LogP contribution in [0.5, 0.6) is 0 Å². The molecular formula is C15H21F3N2O4. The van der Waals surface area contributed by atoms with E-state index in [9.17, 15) is 22.8 Å². The summed E-state index contributed by atoms with van der Waals surface area (Å²) >= 11 is 0. The fraction of sp³-hybridized carbons (Fsp3) is 0.867. The van der Waals surface area contributed by atoms with E-state index in [-0.39, 0.29) is 37.8 Å². The number of halogens is 3. The number of amides is 2. The Morgan fingerprint density at radius 3 is 1.96 bits per heavy atom. The average Bonchev–Trinajstić information content (AvgIpc) is 3.02. The van der Waals surface area contributed by atoms with E-state index in [2.05, 4.69) is 0 Å². The summed E-state index contributed by atoms with van der Waals surface area (Å²) in [5.41, 5.74) is 0. The second-order valence-electron chi connectivity index (χ2n) is 6.50. The summed E-state index contributed by atoms with van der Waals surface area (Å²) in [6, 6.07) is 0. The van der Waals surface area contributed by atoms with Crippen LogP contribution in [-0.2, 0) is 19.1 Å². The molecule has 3 heterocycles. The summed E-state index contributed by atoms with van der Waals surface area (Å²) in [6.07, 6.45) is -3.07. The van der Waals surface area contributed by atoms with Crippen LogP contribution in [0.15, 0.2) is 0 Å². The third-order valence-corrected chi connectivity index (χ3v) is 5.02. The number of hydrogen-bond donors (Lipinski definition) is 0. The van der Waals surface area contributed by atoms with Gasteiger partial charge in [-0.25, -0.2) is 0 Å². The molecule has 0 bridgehead atoms. The lowest BCUT2D eigenvalue weighted by atomic mass is 9.93. The van der Waals surface area contributed by atoms with Crippen LogP contribution >= 0.6 is 0 Å². The Labute approximate surface area is 137 Å². The van der Waals surface area contributed by atoms with Crippen molar-refractivity contribution in [3.8, 4) is 0 Å². The van der Waals surface area contributed by atoms with Gasteiger partial charge in [0.15, 0.2) is 5.79 Å². The zero-order chi connectivity index (χ0) is 17.4. The topological polar surface area (TPSA) is 59.1 Å². The van der Waals surface area contributed by atoms with Crippen molar-refractivity contribution >= 4 is 11.8 Å². The predicted octanol–water partition coefficient (Wildman–Crippen LogP) is 1.15. The third-order valence-electron chi connectivity index (χ3n) is 5.02. The van der Waals surface area contributed by atoms with Gasteiger partial charge in [0.2, 0.25) is 5.91 Å². The van der Waals surface area contributed by atoms with Gasteiger partial charge in [0.05, 0.1) is 13.2 Å². The third kappa shape index (κ3) is 3.51. The molecule has 0 atom stereocenters. The van der Waals surface area contributed by atoms with Gasteiger partial charge in [-0.15, -0.1) is 0 Å². The number of nitrogens with zero attached hydrogens (tertiary/aromatic N) is 2. The molecule has 0 N–H and O–H groups in total. The lowest BCUT2D eigenvalue weighted by molar-refractivity contribution is -0.190. The Kier molecular flexibility index (Phi) is 4.74. The Hall–Kier alpha value is -1.35. The summed E-state index contributed by atoms with van der Waals surface area (Å²) in [7, 11) is 0. The maximum Gasteiger partial charge on any atom is 0.471 e. The highest BCUT2D eigenvalue weighted by atomic mass is 19.4. The molecule has 3 aliphatic rings. The van der Waals surface area contributed by atoms with Crippen molar-refractivity contribution in [1.82, 2.24) is 9.80 Å². The first kappa shape index (κ1) is 17.5. The largest absolute Gasteiger partial charge is 0.471 e. The molecule has 2 amide bonds. The van der Waals surface area contributed by atoms with Gasteiger partial charge in [-0.2, -0.15) is 13.2 Å². The van der Waals surface area contributed by atoms with E-state index >= 15 is 0 Å². The highest BCUT2D eigenvalue weighted by molar-refractivity contribution is 5.83. The SMILES string of the molecule is O=C(C1CCN(C(=O)C(F)(F)F)CC1)N1CCC2(CC1)OCCO2. The van der Waals surface area contributed by atoms with Crippen molar-refractivity contribution in [1.29, 1.82) is 0 Å². The second kappa shape index (κ2) is 6.51. The first-order valence-electron chi connectivity index (χ1n) is 8.24. The van der Waals surface area contributed by atoms with Crippen molar-refractivity contribution in [3.63, 3.8) is 0 Å². The smallest absolute Gasteiger partial charge is 0.347 e. The van der Waals surface area contributed by atoms with Gasteiger partial charge in [-0.1, -0.05) is 0 Å². The maximum absolute atomic E-state index is 12.5. The molecule has 6 nitrogen and oxygen atoms in total. The molecule has 0 aromatic rings. The molecule has 3 saturated heterocycles. The normalized spacial score (nSPS) is 25.3. The summed E-state index contributed by atoms with van der Waals surface area (Å²) in [6.45, 7) is 2.14. The predicted molar refractivity (Wildman–Crippen MR) is 75.8 cm³/mol. The zero-order valence-electron chi connectivity index (χ0n) is 13.3. The van der Waals surface area contributed by atoms with Gasteiger partial charge in [-0.3, -0.25) is 9.59 Å². The molecule has 0 aromatic heterocycles. The van der Waals surface area contributed by atoms with Crippen LogP contribution in [0.25, 0.3) is 0 Å². The Balaban J connectivity index is 1.48. The van der Waals surface area contributed by atoms with Crippen LogP contribution in [0.1, 0.15) is 25.7 Å². The van der Waals surface area contributed by atoms with E-state index in [0.29, 0.717) is 39.1 Å². The molecule has 136 valence electrons. The number of piperidine rings is 2. The number of ether oxygens (including phenoxy) is 2. The van der Waals surface area contributed by atoms with Gasteiger partial charge >= 0.3 is 12.1 Å². The van der Waals surface area contributed by atoms with Crippen LogP contribution in [0.3, 0.4) is 0 Å². The van der Waals surface area contributed by atoms with E-state index in [1.807, 2.05) is 0 Å². The minimum absolute atomic E-state index is 0.0290. The van der Waals surface area contributed by atoms with Crippen molar-refractivity contribution < 1.29 is 32.2 Å². The fourth-order valence-electron chi connectivity index (χ4n) is 3.62. The minimum Gasteiger partial charge on any atom is -0.347 e. The molecule has 3 aliphatic heterocycles. The number of hydrogen-bond acceptors (Lipinski definition) is 4. The van der Waals surface area contributed by atoms with Gasteiger partial charge in [0.25, 0.3) is 0 Å². The molecule has 3 fully saturated rings. The highest BCUT2D eigenvalue weighted by Crippen LogP contribution is 2.32. The Morgan fingerprint density at radius 1 is 0.917 bits per heavy atom. The maximum atomic E-state index is 12.5. The number of carbonyl (C=O) groups is 2. The summed E-state index contributed by atoms with van der Waals surface area (Å²) in [5, 5.41) is 0. The number of carbonyl (C=O) groups excluding carboxylic acids is 2. The molecule has 0 saturated carbocycles. The molecule has 3 rings (SSSR count). The van der Waals surface area contributed by atoms with E-state index < -0.39 is 17.9 Å². The molecule has 0 aromatic carbocycles. The van der Waals surface area contributed by atoms with E-state index in [1.54, 1.807) is 4.90 Å². The molecule has 0 aliphatic carbocycles. The zero-order valence-corrected chi connectivity index (χ0v) is 13.3. The summed E-state index contributed by atoms with van der Waals surface area (Å²) < 4.78 is 48.5. The van der Waals surface area contributed by atoms with Crippen molar-refractivity contribution in [2.75, 3.05) is 39.4 Å². The van der Waals surface area contributed by atoms with Crippen LogP contribution in [-0.4, -0.2) is 73.0 Å². The average molecular weight is 350 g/mol. The monoisotopic (exact) mass is 350 g/mol. The summed E-state index contributed by atoms with van der Waals surface area (Å²) in [4.78, 5) is 26.3. The minimum atomic E-state index is -4.85. The van der Waals surface area contributed by atoms with Crippen LogP contribution in [0.4, 0.5) is 13.2 Å². The number of alkyl halides is 3. The first-order chi connectivity index (χ1) is 11.3. The fourth-order valence-corrected chi connectivity index (χ4v) is 3.62. The second-order valence-corrected chi connectivity index (χ2v) is 6.50. The van der Waals surface area contributed by atoms with Gasteiger partial charge in [0, 0.05) is 44.9 Å².